The topological polar surface area (TPSA) is 58.1 Å². The summed E-state index contributed by atoms with van der Waals surface area (Å²) in [6.45, 7) is 8.44. The number of nitrogens with one attached hydrogen (secondary N) is 2. The molecule has 0 saturated carbocycles. The molecular weight excluding hydrogens is 340 g/mol. The van der Waals surface area contributed by atoms with Crippen molar-refractivity contribution in [1.29, 1.82) is 0 Å². The van der Waals surface area contributed by atoms with Gasteiger partial charge in [0.05, 0.1) is 13.2 Å². The van der Waals surface area contributed by atoms with Gasteiger partial charge in [-0.25, -0.2) is 0 Å². The van der Waals surface area contributed by atoms with Crippen molar-refractivity contribution in [2.45, 2.75) is 32.2 Å². The number of anilines is 1. The van der Waals surface area contributed by atoms with E-state index in [1.54, 1.807) is 0 Å². The van der Waals surface area contributed by atoms with Crippen LogP contribution in [0.5, 0.6) is 0 Å². The molecule has 1 saturated heterocycles. The predicted molar refractivity (Wildman–Crippen MR) is 111 cm³/mol. The molecule has 2 N–H and O–H groups in total. The Bertz CT molecular complexity index is 602. The summed E-state index contributed by atoms with van der Waals surface area (Å²) in [5, 5.41) is 6.83. The van der Waals surface area contributed by atoms with Crippen LogP contribution >= 0.6 is 0 Å². The van der Waals surface area contributed by atoms with E-state index < -0.39 is 0 Å². The Balaban J connectivity index is 1.30. The van der Waals surface area contributed by atoms with Gasteiger partial charge in [0.1, 0.15) is 0 Å². The summed E-state index contributed by atoms with van der Waals surface area (Å²) >= 11 is 0. The lowest BCUT2D eigenvalue weighted by atomic mass is 10.1. The van der Waals surface area contributed by atoms with Crippen molar-refractivity contribution in [3.05, 3.63) is 29.8 Å². The lowest BCUT2D eigenvalue weighted by Crippen LogP contribution is -2.46. The van der Waals surface area contributed by atoms with Gasteiger partial charge in [-0.15, -0.1) is 0 Å². The van der Waals surface area contributed by atoms with Gasteiger partial charge < -0.3 is 25.0 Å². The molecule has 0 radical (unpaired) electrons. The summed E-state index contributed by atoms with van der Waals surface area (Å²) in [6, 6.07) is 9.13. The Hall–Kier alpha value is -1.79. The third kappa shape index (κ3) is 5.84. The van der Waals surface area contributed by atoms with Crippen LogP contribution in [0.1, 0.15) is 25.3 Å². The molecule has 2 aliphatic heterocycles. The molecule has 0 aliphatic carbocycles. The molecule has 0 spiro atoms. The molecule has 3 rings (SSSR count). The fraction of sp³-hybridized carbons (Fsp3) is 0.667. The zero-order valence-electron chi connectivity index (χ0n) is 16.7. The van der Waals surface area contributed by atoms with Crippen molar-refractivity contribution in [1.82, 2.24) is 10.6 Å². The fourth-order valence-electron chi connectivity index (χ4n) is 3.74. The number of para-hydroxylation sites is 1. The van der Waals surface area contributed by atoms with Gasteiger partial charge in [0.25, 0.3) is 0 Å². The summed E-state index contributed by atoms with van der Waals surface area (Å²) in [6.07, 6.45) is 3.25. The van der Waals surface area contributed by atoms with E-state index in [4.69, 9.17) is 9.47 Å². The zero-order chi connectivity index (χ0) is 18.9. The fourth-order valence-corrected chi connectivity index (χ4v) is 3.74. The summed E-state index contributed by atoms with van der Waals surface area (Å²) in [4.78, 5) is 6.81. The quantitative estimate of drug-likeness (QED) is 0.394. The SMILES string of the molecule is CN=C(NCCCOCC1CCOC1)NCC(C)N1CCc2ccccc21. The number of nitrogens with zero attached hydrogens (tertiary/aromatic N) is 2. The number of rotatable bonds is 9. The van der Waals surface area contributed by atoms with Crippen LogP contribution in [0.3, 0.4) is 0 Å². The molecule has 0 bridgehead atoms. The number of aliphatic imine (C=N–C) groups is 1. The smallest absolute Gasteiger partial charge is 0.191 e. The molecule has 1 fully saturated rings. The van der Waals surface area contributed by atoms with Gasteiger partial charge in [-0.2, -0.15) is 0 Å². The first kappa shape index (κ1) is 20.0. The van der Waals surface area contributed by atoms with Crippen LogP contribution < -0.4 is 15.5 Å². The predicted octanol–water partition coefficient (Wildman–Crippen LogP) is 2.05. The maximum absolute atomic E-state index is 5.75. The Labute approximate surface area is 163 Å². The van der Waals surface area contributed by atoms with Crippen LogP contribution in [0.25, 0.3) is 0 Å². The van der Waals surface area contributed by atoms with Crippen LogP contribution in [0, 0.1) is 5.92 Å². The van der Waals surface area contributed by atoms with E-state index in [1.807, 2.05) is 7.05 Å². The molecule has 150 valence electrons. The highest BCUT2D eigenvalue weighted by atomic mass is 16.5. The van der Waals surface area contributed by atoms with Gasteiger partial charge in [0, 0.05) is 57.5 Å². The average molecular weight is 375 g/mol. The molecule has 6 nitrogen and oxygen atoms in total. The van der Waals surface area contributed by atoms with Gasteiger partial charge in [0.15, 0.2) is 5.96 Å². The van der Waals surface area contributed by atoms with Crippen LogP contribution in [0.15, 0.2) is 29.3 Å². The van der Waals surface area contributed by atoms with E-state index in [0.29, 0.717) is 12.0 Å². The van der Waals surface area contributed by atoms with Gasteiger partial charge >= 0.3 is 0 Å². The van der Waals surface area contributed by atoms with Gasteiger partial charge in [-0.05, 0) is 37.8 Å². The summed E-state index contributed by atoms with van der Waals surface area (Å²) in [7, 11) is 1.82. The van der Waals surface area contributed by atoms with E-state index in [-0.39, 0.29) is 0 Å². The normalized spacial score (nSPS) is 20.6. The summed E-state index contributed by atoms with van der Waals surface area (Å²) < 4.78 is 11.1. The summed E-state index contributed by atoms with van der Waals surface area (Å²) in [5.74, 6) is 1.45. The monoisotopic (exact) mass is 374 g/mol. The minimum absolute atomic E-state index is 0.421. The van der Waals surface area contributed by atoms with Crippen molar-refractivity contribution < 1.29 is 9.47 Å². The van der Waals surface area contributed by atoms with E-state index in [0.717, 1.165) is 71.3 Å². The van der Waals surface area contributed by atoms with Crippen molar-refractivity contribution in [3.8, 4) is 0 Å². The highest BCUT2D eigenvalue weighted by Crippen LogP contribution is 2.28. The van der Waals surface area contributed by atoms with Gasteiger partial charge in [0.2, 0.25) is 0 Å². The standard InChI is InChI=1S/C21H34N4O2/c1-17(25-11-8-19-6-3-4-7-20(19)25)14-24-21(22-2)23-10-5-12-26-15-18-9-13-27-16-18/h3-4,6-7,17-18H,5,8-16H2,1-2H3,(H2,22,23,24). The Morgan fingerprint density at radius 3 is 3.07 bits per heavy atom. The second-order valence-electron chi connectivity index (χ2n) is 7.46. The maximum Gasteiger partial charge on any atom is 0.191 e. The number of hydrogen-bond donors (Lipinski definition) is 2. The largest absolute Gasteiger partial charge is 0.381 e. The van der Waals surface area contributed by atoms with Gasteiger partial charge in [-0.1, -0.05) is 18.2 Å². The minimum Gasteiger partial charge on any atom is -0.381 e. The Morgan fingerprint density at radius 1 is 1.37 bits per heavy atom. The van der Waals surface area contributed by atoms with Crippen LogP contribution in [0.4, 0.5) is 5.69 Å². The molecule has 1 aromatic carbocycles. The minimum atomic E-state index is 0.421. The summed E-state index contributed by atoms with van der Waals surface area (Å²) in [5.41, 5.74) is 2.83. The molecular formula is C21H34N4O2. The van der Waals surface area contributed by atoms with Crippen molar-refractivity contribution in [3.63, 3.8) is 0 Å². The number of benzene rings is 1. The molecule has 2 aliphatic rings. The van der Waals surface area contributed by atoms with E-state index in [1.165, 1.54) is 11.3 Å². The molecule has 1 aromatic rings. The molecule has 2 heterocycles. The average Bonchev–Trinajstić information content (AvgIpc) is 3.36. The van der Waals surface area contributed by atoms with Gasteiger partial charge in [-0.3, -0.25) is 4.99 Å². The van der Waals surface area contributed by atoms with Crippen LogP contribution in [-0.4, -0.2) is 65.1 Å². The maximum atomic E-state index is 5.75. The third-order valence-electron chi connectivity index (χ3n) is 5.38. The highest BCUT2D eigenvalue weighted by molar-refractivity contribution is 5.79. The first-order chi connectivity index (χ1) is 13.3. The Morgan fingerprint density at radius 2 is 2.26 bits per heavy atom. The van der Waals surface area contributed by atoms with E-state index in [2.05, 4.69) is 51.7 Å². The zero-order valence-corrected chi connectivity index (χ0v) is 16.7. The molecule has 0 aromatic heterocycles. The van der Waals surface area contributed by atoms with E-state index in [9.17, 15) is 0 Å². The highest BCUT2D eigenvalue weighted by Gasteiger charge is 2.22. The molecule has 0 amide bonds. The Kier molecular flexibility index (Phi) is 7.78. The number of fused-ring (bicyclic) bond motifs is 1. The van der Waals surface area contributed by atoms with E-state index >= 15 is 0 Å². The van der Waals surface area contributed by atoms with Crippen LogP contribution in [0.2, 0.25) is 0 Å². The van der Waals surface area contributed by atoms with Crippen molar-refractivity contribution in [2.24, 2.45) is 10.9 Å². The number of hydrogen-bond acceptors (Lipinski definition) is 4. The molecule has 6 heteroatoms. The lowest BCUT2D eigenvalue weighted by molar-refractivity contribution is 0.0888. The second-order valence-corrected chi connectivity index (χ2v) is 7.46. The second kappa shape index (κ2) is 10.5. The first-order valence-electron chi connectivity index (χ1n) is 10.2. The molecule has 2 atom stereocenters. The third-order valence-corrected chi connectivity index (χ3v) is 5.38. The van der Waals surface area contributed by atoms with Crippen molar-refractivity contribution >= 4 is 11.6 Å². The number of guanidine groups is 1. The lowest BCUT2D eigenvalue weighted by Gasteiger charge is -2.28. The first-order valence-corrected chi connectivity index (χ1v) is 10.2. The number of ether oxygens (including phenoxy) is 2. The van der Waals surface area contributed by atoms with Crippen molar-refractivity contribution in [2.75, 3.05) is 58.0 Å². The van der Waals surface area contributed by atoms with Crippen LogP contribution in [-0.2, 0) is 15.9 Å². The molecule has 27 heavy (non-hydrogen) atoms. The molecule has 2 unspecified atom stereocenters.